The van der Waals surface area contributed by atoms with E-state index in [4.69, 9.17) is 0 Å². The Morgan fingerprint density at radius 1 is 1.21 bits per heavy atom. The minimum atomic E-state index is -4.36. The predicted molar refractivity (Wildman–Crippen MR) is 104 cm³/mol. The molecule has 2 N–H and O–H groups in total. The topological polar surface area (TPSA) is 49.3 Å². The molecule has 0 bridgehead atoms. The average molecular weight is 478 g/mol. The Kier molecular flexibility index (Phi) is 12.4. The predicted octanol–water partition coefficient (Wildman–Crippen LogP) is 4.46. The maximum atomic E-state index is 12.5. The van der Waals surface area contributed by atoms with Crippen LogP contribution in [0.5, 0.6) is 0 Å². The SMILES string of the molecule is CCCCCCN=C(NCC)NCCc1nc(C(F)(F)F)cs1.I. The number of nitrogens with one attached hydrogen (secondary N) is 2. The van der Waals surface area contributed by atoms with E-state index in [1.54, 1.807) is 0 Å². The van der Waals surface area contributed by atoms with Gasteiger partial charge in [-0.05, 0) is 13.3 Å². The molecule has 4 nitrogen and oxygen atoms in total. The van der Waals surface area contributed by atoms with E-state index in [0.29, 0.717) is 23.9 Å². The first-order valence-electron chi connectivity index (χ1n) is 8.01. The fourth-order valence-corrected chi connectivity index (χ4v) is 2.72. The Labute approximate surface area is 162 Å². The molecule has 0 aliphatic rings. The molecular formula is C15H26F3IN4S. The number of aliphatic imine (C=N–C) groups is 1. The van der Waals surface area contributed by atoms with Crippen LogP contribution in [0.1, 0.15) is 50.2 Å². The van der Waals surface area contributed by atoms with E-state index in [1.807, 2.05) is 6.92 Å². The number of rotatable bonds is 9. The van der Waals surface area contributed by atoms with E-state index in [2.05, 4.69) is 27.5 Å². The third kappa shape index (κ3) is 9.65. The molecule has 0 aromatic carbocycles. The van der Waals surface area contributed by atoms with Gasteiger partial charge in [0.25, 0.3) is 0 Å². The highest BCUT2D eigenvalue weighted by molar-refractivity contribution is 14.0. The van der Waals surface area contributed by atoms with Gasteiger partial charge < -0.3 is 10.6 Å². The Bertz CT molecular complexity index is 478. The Balaban J connectivity index is 0.00000529. The lowest BCUT2D eigenvalue weighted by Gasteiger charge is -2.10. The maximum Gasteiger partial charge on any atom is 0.434 e. The molecule has 1 rings (SSSR count). The van der Waals surface area contributed by atoms with E-state index in [1.165, 1.54) is 19.3 Å². The van der Waals surface area contributed by atoms with Gasteiger partial charge in [0.1, 0.15) is 0 Å². The van der Waals surface area contributed by atoms with Crippen molar-refractivity contribution in [2.24, 2.45) is 4.99 Å². The van der Waals surface area contributed by atoms with Crippen LogP contribution >= 0.6 is 35.3 Å². The van der Waals surface area contributed by atoms with Crippen molar-refractivity contribution in [2.45, 2.75) is 52.1 Å². The molecule has 24 heavy (non-hydrogen) atoms. The second-order valence-corrected chi connectivity index (χ2v) is 6.06. The quantitative estimate of drug-likeness (QED) is 0.239. The van der Waals surface area contributed by atoms with Gasteiger partial charge in [0.05, 0.1) is 5.01 Å². The van der Waals surface area contributed by atoms with Crippen molar-refractivity contribution in [1.82, 2.24) is 15.6 Å². The van der Waals surface area contributed by atoms with Crippen molar-refractivity contribution >= 4 is 41.3 Å². The van der Waals surface area contributed by atoms with Gasteiger partial charge in [-0.3, -0.25) is 4.99 Å². The standard InChI is InChI=1S/C15H25F3N4S.HI/c1-3-5-6-7-9-20-14(19-4-2)21-10-8-13-22-12(11-23-13)15(16,17)18;/h11H,3-10H2,1-2H3,(H2,19,20,21);1H. The van der Waals surface area contributed by atoms with Gasteiger partial charge in [-0.1, -0.05) is 26.2 Å². The molecule has 0 saturated carbocycles. The lowest BCUT2D eigenvalue weighted by molar-refractivity contribution is -0.140. The molecule has 0 spiro atoms. The number of halogens is 4. The van der Waals surface area contributed by atoms with E-state index >= 15 is 0 Å². The summed E-state index contributed by atoms with van der Waals surface area (Å²) in [6.07, 6.45) is 0.698. The fourth-order valence-electron chi connectivity index (χ4n) is 1.91. The van der Waals surface area contributed by atoms with Crippen LogP contribution < -0.4 is 10.6 Å². The number of guanidine groups is 1. The van der Waals surface area contributed by atoms with E-state index in [9.17, 15) is 13.2 Å². The van der Waals surface area contributed by atoms with Crippen LogP contribution in [0.15, 0.2) is 10.4 Å². The molecule has 0 radical (unpaired) electrons. The number of unbranched alkanes of at least 4 members (excludes halogenated alkanes) is 3. The summed E-state index contributed by atoms with van der Waals surface area (Å²) >= 11 is 1.04. The van der Waals surface area contributed by atoms with Crippen LogP contribution in [-0.4, -0.2) is 30.6 Å². The van der Waals surface area contributed by atoms with Crippen molar-refractivity contribution < 1.29 is 13.2 Å². The molecule has 1 heterocycles. The highest BCUT2D eigenvalue weighted by atomic mass is 127. The summed E-state index contributed by atoms with van der Waals surface area (Å²) in [4.78, 5) is 8.07. The van der Waals surface area contributed by atoms with Crippen LogP contribution in [-0.2, 0) is 12.6 Å². The Hall–Kier alpha value is -0.580. The third-order valence-corrected chi connectivity index (χ3v) is 4.01. The van der Waals surface area contributed by atoms with Gasteiger partial charge in [-0.2, -0.15) is 13.2 Å². The van der Waals surface area contributed by atoms with Gasteiger partial charge in [-0.15, -0.1) is 35.3 Å². The molecule has 0 amide bonds. The molecule has 0 aliphatic carbocycles. The van der Waals surface area contributed by atoms with E-state index < -0.39 is 11.9 Å². The lowest BCUT2D eigenvalue weighted by atomic mass is 10.2. The minimum absolute atomic E-state index is 0. The summed E-state index contributed by atoms with van der Waals surface area (Å²) in [6, 6.07) is 0. The maximum absolute atomic E-state index is 12.5. The lowest BCUT2D eigenvalue weighted by Crippen LogP contribution is -2.38. The van der Waals surface area contributed by atoms with Gasteiger partial charge >= 0.3 is 6.18 Å². The van der Waals surface area contributed by atoms with Crippen molar-refractivity contribution in [3.63, 3.8) is 0 Å². The molecule has 0 unspecified atom stereocenters. The minimum Gasteiger partial charge on any atom is -0.357 e. The molecule has 140 valence electrons. The van der Waals surface area contributed by atoms with Crippen LogP contribution in [0, 0.1) is 0 Å². The number of aromatic nitrogens is 1. The number of hydrogen-bond donors (Lipinski definition) is 2. The number of alkyl halides is 3. The van der Waals surface area contributed by atoms with Crippen LogP contribution in [0.4, 0.5) is 13.2 Å². The zero-order chi connectivity index (χ0) is 17.1. The van der Waals surface area contributed by atoms with Crippen molar-refractivity contribution in [2.75, 3.05) is 19.6 Å². The number of thiazole rings is 1. The van der Waals surface area contributed by atoms with Crippen molar-refractivity contribution in [1.29, 1.82) is 0 Å². The first kappa shape index (κ1) is 23.4. The third-order valence-electron chi connectivity index (χ3n) is 3.10. The highest BCUT2D eigenvalue weighted by Crippen LogP contribution is 2.29. The summed E-state index contributed by atoms with van der Waals surface area (Å²) in [5.74, 6) is 0.705. The van der Waals surface area contributed by atoms with E-state index in [0.717, 1.165) is 36.2 Å². The Morgan fingerprint density at radius 3 is 2.54 bits per heavy atom. The molecule has 1 aromatic heterocycles. The second kappa shape index (κ2) is 12.7. The summed E-state index contributed by atoms with van der Waals surface area (Å²) < 4.78 is 37.4. The normalized spacial score (nSPS) is 12.0. The van der Waals surface area contributed by atoms with E-state index in [-0.39, 0.29) is 24.0 Å². The summed E-state index contributed by atoms with van der Waals surface area (Å²) in [6.45, 7) is 6.15. The molecule has 0 aliphatic heterocycles. The second-order valence-electron chi connectivity index (χ2n) is 5.12. The monoisotopic (exact) mass is 478 g/mol. The van der Waals surface area contributed by atoms with Crippen molar-refractivity contribution in [3.8, 4) is 0 Å². The smallest absolute Gasteiger partial charge is 0.357 e. The molecule has 0 fully saturated rings. The first-order valence-corrected chi connectivity index (χ1v) is 8.89. The largest absolute Gasteiger partial charge is 0.434 e. The summed E-state index contributed by atoms with van der Waals surface area (Å²) in [5, 5.41) is 7.80. The van der Waals surface area contributed by atoms with Crippen LogP contribution in [0.25, 0.3) is 0 Å². The summed E-state index contributed by atoms with van der Waals surface area (Å²) in [5.41, 5.74) is -0.811. The number of hydrogen-bond acceptors (Lipinski definition) is 3. The molecule has 0 saturated heterocycles. The fraction of sp³-hybridized carbons (Fsp3) is 0.733. The number of nitrogens with zero attached hydrogens (tertiary/aromatic N) is 2. The molecule has 0 atom stereocenters. The van der Waals surface area contributed by atoms with Crippen molar-refractivity contribution in [3.05, 3.63) is 16.1 Å². The first-order chi connectivity index (χ1) is 11.0. The zero-order valence-corrected chi connectivity index (χ0v) is 17.2. The van der Waals surface area contributed by atoms with Crippen LogP contribution in [0.3, 0.4) is 0 Å². The van der Waals surface area contributed by atoms with Gasteiger partial charge in [0, 0.05) is 31.4 Å². The summed E-state index contributed by atoms with van der Waals surface area (Å²) in [7, 11) is 0. The van der Waals surface area contributed by atoms with Gasteiger partial charge in [-0.25, -0.2) is 4.98 Å². The molecule has 1 aromatic rings. The molecular weight excluding hydrogens is 452 g/mol. The van der Waals surface area contributed by atoms with Gasteiger partial charge in [0.15, 0.2) is 11.7 Å². The van der Waals surface area contributed by atoms with Gasteiger partial charge in [0.2, 0.25) is 0 Å². The molecule has 9 heteroatoms. The van der Waals surface area contributed by atoms with Crippen LogP contribution in [0.2, 0.25) is 0 Å². The average Bonchev–Trinajstić information content (AvgIpc) is 2.96. The zero-order valence-electron chi connectivity index (χ0n) is 14.1. The Morgan fingerprint density at radius 2 is 1.96 bits per heavy atom. The highest BCUT2D eigenvalue weighted by Gasteiger charge is 2.33.